The first kappa shape index (κ1) is 30.3. The molecule has 0 unspecified atom stereocenters. The first-order chi connectivity index (χ1) is 20.7. The smallest absolute Gasteiger partial charge is 0.410 e. The minimum atomic E-state index is -1.48. The number of rotatable bonds is 5. The van der Waals surface area contributed by atoms with Gasteiger partial charge in [0.15, 0.2) is 0 Å². The molecule has 1 aromatic rings. The second-order valence-electron chi connectivity index (χ2n) is 11.5. The predicted molar refractivity (Wildman–Crippen MR) is 149 cm³/mol. The van der Waals surface area contributed by atoms with E-state index in [9.17, 15) is 33.5 Å². The summed E-state index contributed by atoms with van der Waals surface area (Å²) in [6, 6.07) is 5.43. The van der Waals surface area contributed by atoms with Crippen LogP contribution in [0.4, 0.5) is 14.0 Å². The fourth-order valence-electron chi connectivity index (χ4n) is 6.14. The fourth-order valence-corrected chi connectivity index (χ4v) is 6.14. The molecule has 4 aliphatic rings. The van der Waals surface area contributed by atoms with E-state index in [0.717, 1.165) is 24.0 Å². The van der Waals surface area contributed by atoms with Crippen LogP contribution in [-0.2, 0) is 36.9 Å². The number of carbonyl (C=O) groups excluding carboxylic acids is 4. The van der Waals surface area contributed by atoms with E-state index < -0.39 is 67.0 Å². The van der Waals surface area contributed by atoms with Crippen LogP contribution in [0.3, 0.4) is 0 Å². The summed E-state index contributed by atoms with van der Waals surface area (Å²) in [6.07, 6.45) is 4.57. The summed E-state index contributed by atoms with van der Waals surface area (Å²) in [5, 5.41) is 15.2. The third-order valence-electron chi connectivity index (χ3n) is 8.59. The van der Waals surface area contributed by atoms with Crippen molar-refractivity contribution in [1.82, 2.24) is 20.4 Å². The van der Waals surface area contributed by atoms with Crippen molar-refractivity contribution in [2.45, 2.75) is 81.8 Å². The number of ether oxygens (including phenoxy) is 2. The van der Waals surface area contributed by atoms with Crippen molar-refractivity contribution in [3.05, 3.63) is 47.5 Å². The monoisotopic (exact) mass is 600 g/mol. The van der Waals surface area contributed by atoms with E-state index in [1.807, 2.05) is 36.4 Å². The number of hydrogen-bond acceptors (Lipinski definition) is 7. The second kappa shape index (κ2) is 13.0. The van der Waals surface area contributed by atoms with E-state index in [-0.39, 0.29) is 31.7 Å². The predicted octanol–water partition coefficient (Wildman–Crippen LogP) is 2.65. The summed E-state index contributed by atoms with van der Waals surface area (Å²) in [6.45, 7) is -0.723. The highest BCUT2D eigenvalue weighted by Gasteiger charge is 2.61. The Bertz CT molecular complexity index is 1270. The van der Waals surface area contributed by atoms with Crippen molar-refractivity contribution in [2.75, 3.05) is 19.8 Å². The van der Waals surface area contributed by atoms with Crippen molar-refractivity contribution in [3.63, 3.8) is 0 Å². The van der Waals surface area contributed by atoms with Gasteiger partial charge >= 0.3 is 18.2 Å². The quantitative estimate of drug-likeness (QED) is 0.436. The van der Waals surface area contributed by atoms with Crippen LogP contribution in [0.15, 0.2) is 36.4 Å². The number of amides is 4. The van der Waals surface area contributed by atoms with Gasteiger partial charge in [-0.15, -0.1) is 0 Å². The average molecular weight is 601 g/mol. The number of carboxylic acids is 1. The number of nitrogens with one attached hydrogen (secondary N) is 2. The summed E-state index contributed by atoms with van der Waals surface area (Å²) in [5.41, 5.74) is 0.536. The number of benzene rings is 1. The van der Waals surface area contributed by atoms with Crippen LogP contribution >= 0.6 is 0 Å². The van der Waals surface area contributed by atoms with Gasteiger partial charge in [0.05, 0.1) is 6.54 Å². The van der Waals surface area contributed by atoms with Crippen LogP contribution in [-0.4, -0.2) is 88.4 Å². The maximum atomic E-state index is 13.9. The lowest BCUT2D eigenvalue weighted by atomic mass is 10.1. The zero-order valence-electron chi connectivity index (χ0n) is 23.8. The van der Waals surface area contributed by atoms with Crippen molar-refractivity contribution in [3.8, 4) is 0 Å². The molecule has 12 nitrogen and oxygen atoms in total. The lowest BCUT2D eigenvalue weighted by Gasteiger charge is -2.29. The minimum absolute atomic E-state index is 0.0423. The number of halogens is 1. The van der Waals surface area contributed by atoms with E-state index in [1.54, 1.807) is 0 Å². The molecule has 0 bridgehead atoms. The molecule has 1 aliphatic carbocycles. The maximum Gasteiger partial charge on any atom is 0.410 e. The highest BCUT2D eigenvalue weighted by atomic mass is 19.1. The van der Waals surface area contributed by atoms with E-state index in [2.05, 4.69) is 10.6 Å². The normalized spacial score (nSPS) is 28.9. The molecule has 13 heteroatoms. The molecule has 5 atom stereocenters. The molecule has 0 spiro atoms. The summed E-state index contributed by atoms with van der Waals surface area (Å²) in [7, 11) is 0. The zero-order valence-corrected chi connectivity index (χ0v) is 23.8. The van der Waals surface area contributed by atoms with E-state index in [0.29, 0.717) is 25.9 Å². The minimum Gasteiger partial charge on any atom is -0.479 e. The zero-order chi connectivity index (χ0) is 30.6. The fraction of sp³-hybridized carbons (Fsp3) is 0.567. The summed E-state index contributed by atoms with van der Waals surface area (Å²) >= 11 is 0. The van der Waals surface area contributed by atoms with Gasteiger partial charge in [-0.25, -0.2) is 18.8 Å². The third-order valence-corrected chi connectivity index (χ3v) is 8.59. The van der Waals surface area contributed by atoms with Gasteiger partial charge in [0, 0.05) is 25.4 Å². The average Bonchev–Trinajstić information content (AvgIpc) is 3.30. The first-order valence-electron chi connectivity index (χ1n) is 14.8. The van der Waals surface area contributed by atoms with Gasteiger partial charge in [0.2, 0.25) is 11.8 Å². The van der Waals surface area contributed by atoms with E-state index >= 15 is 0 Å². The highest BCUT2D eigenvalue weighted by Crippen LogP contribution is 2.45. The molecule has 1 aromatic carbocycles. The van der Waals surface area contributed by atoms with Crippen LogP contribution in [0.2, 0.25) is 0 Å². The number of alkyl halides is 1. The van der Waals surface area contributed by atoms with Crippen LogP contribution in [0.1, 0.15) is 56.1 Å². The molecule has 5 rings (SSSR count). The number of hydrogen-bond donors (Lipinski definition) is 3. The summed E-state index contributed by atoms with van der Waals surface area (Å²) in [4.78, 5) is 67.9. The van der Waals surface area contributed by atoms with Gasteiger partial charge in [0.25, 0.3) is 0 Å². The topological polar surface area (TPSA) is 155 Å². The van der Waals surface area contributed by atoms with Gasteiger partial charge in [-0.1, -0.05) is 49.3 Å². The Kier molecular flexibility index (Phi) is 9.16. The number of alkyl carbamates (subject to hydrolysis) is 1. The summed E-state index contributed by atoms with van der Waals surface area (Å²) in [5.74, 6) is -2.81. The van der Waals surface area contributed by atoms with Gasteiger partial charge in [-0.3, -0.25) is 14.5 Å². The molecule has 43 heavy (non-hydrogen) atoms. The Morgan fingerprint density at radius 2 is 1.86 bits per heavy atom. The Hall–Kier alpha value is -4.16. The third kappa shape index (κ3) is 6.75. The Balaban J connectivity index is 1.35. The molecule has 3 N–H and O–H groups in total. The molecule has 0 radical (unpaired) electrons. The molecule has 1 saturated carbocycles. The highest BCUT2D eigenvalue weighted by molar-refractivity contribution is 5.96. The van der Waals surface area contributed by atoms with Gasteiger partial charge in [0.1, 0.15) is 37.0 Å². The number of fused-ring (bicyclic) bond motifs is 3. The maximum absolute atomic E-state index is 13.9. The summed E-state index contributed by atoms with van der Waals surface area (Å²) < 4.78 is 23.1. The largest absolute Gasteiger partial charge is 0.479 e. The van der Waals surface area contributed by atoms with Crippen molar-refractivity contribution in [2.24, 2.45) is 5.92 Å². The first-order valence-corrected chi connectivity index (χ1v) is 14.8. The van der Waals surface area contributed by atoms with E-state index in [4.69, 9.17) is 9.47 Å². The van der Waals surface area contributed by atoms with Gasteiger partial charge in [-0.05, 0) is 36.8 Å². The van der Waals surface area contributed by atoms with Crippen molar-refractivity contribution < 1.29 is 42.9 Å². The molecular weight excluding hydrogens is 563 g/mol. The number of nitrogens with zero attached hydrogens (tertiary/aromatic N) is 2. The molecule has 3 aliphatic heterocycles. The molecule has 4 amide bonds. The lowest BCUT2D eigenvalue weighted by Crippen LogP contribution is -2.56. The van der Waals surface area contributed by atoms with Crippen molar-refractivity contribution >= 4 is 30.0 Å². The Morgan fingerprint density at radius 1 is 1.12 bits per heavy atom. The van der Waals surface area contributed by atoms with Gasteiger partial charge in [-0.2, -0.15) is 0 Å². The SMILES string of the molecule is O=C(N[C@H]1CCCCCC=C[C@@H]2C[C@@]2(C(=O)O)NC(=O)[C@@H]2C[C@@H](OC(=O)N3Cc4ccccc4C3)CN2C1=O)OCCF. The van der Waals surface area contributed by atoms with Crippen LogP contribution in [0.25, 0.3) is 0 Å². The molecule has 0 aromatic heterocycles. The lowest BCUT2D eigenvalue weighted by molar-refractivity contribution is -0.145. The second-order valence-corrected chi connectivity index (χ2v) is 11.5. The number of carboxylic acid groups (broad SMARTS) is 1. The van der Waals surface area contributed by atoms with Crippen molar-refractivity contribution in [1.29, 1.82) is 0 Å². The number of allylic oxidation sites excluding steroid dienone is 1. The molecule has 1 saturated heterocycles. The van der Waals surface area contributed by atoms with Crippen LogP contribution in [0.5, 0.6) is 0 Å². The van der Waals surface area contributed by atoms with E-state index in [1.165, 1.54) is 9.80 Å². The molecule has 3 heterocycles. The number of aliphatic carboxylic acids is 1. The van der Waals surface area contributed by atoms with Crippen LogP contribution < -0.4 is 10.6 Å². The Labute approximate surface area is 248 Å². The van der Waals surface area contributed by atoms with Crippen LogP contribution in [0, 0.1) is 5.92 Å². The Morgan fingerprint density at radius 3 is 2.56 bits per heavy atom. The molecular formula is C30H37FN4O8. The molecule has 232 valence electrons. The molecule has 2 fully saturated rings. The van der Waals surface area contributed by atoms with Gasteiger partial charge < -0.3 is 30.1 Å². The number of carbonyl (C=O) groups is 5. The standard InChI is InChI=1S/C30H37FN4O8/c31-12-13-42-28(40)32-23-11-5-3-1-2-4-10-21-15-30(21,27(38)39)33-25(36)24-14-22(18-35(24)26(23)37)43-29(41)34-16-19-8-6-7-9-20(19)17-34/h4,6-10,21-24H,1-3,5,11-18H2,(H,32,40)(H,33,36)(H,38,39)/t21-,22-,23+,24+,30-/m1/s1.